The van der Waals surface area contributed by atoms with Gasteiger partial charge in [0.2, 0.25) is 0 Å². The molecule has 0 aliphatic rings. The summed E-state index contributed by atoms with van der Waals surface area (Å²) >= 11 is 3.54. The Labute approximate surface area is 197 Å². The fourth-order valence-corrected chi connectivity index (χ4v) is 3.66. The summed E-state index contributed by atoms with van der Waals surface area (Å²) in [6.07, 6.45) is 2.78. The Bertz CT molecular complexity index is 1090. The molecule has 1 amide bonds. The molecular formula is C26H27BrN2O3. The number of carbonyl (C=O) groups excluding carboxylic acids is 1. The van der Waals surface area contributed by atoms with Gasteiger partial charge in [-0.15, -0.1) is 0 Å². The van der Waals surface area contributed by atoms with Gasteiger partial charge in [0.05, 0.1) is 16.8 Å². The molecule has 166 valence electrons. The van der Waals surface area contributed by atoms with E-state index in [1.807, 2.05) is 62.4 Å². The summed E-state index contributed by atoms with van der Waals surface area (Å²) in [7, 11) is 0. The van der Waals surface area contributed by atoms with Crippen LogP contribution in [0, 0.1) is 6.92 Å². The van der Waals surface area contributed by atoms with Crippen LogP contribution in [0.3, 0.4) is 0 Å². The highest BCUT2D eigenvalue weighted by Gasteiger charge is 2.14. The van der Waals surface area contributed by atoms with Crippen LogP contribution >= 0.6 is 15.9 Å². The molecule has 3 rings (SSSR count). The Morgan fingerprint density at radius 2 is 1.84 bits per heavy atom. The van der Waals surface area contributed by atoms with Gasteiger partial charge in [-0.3, -0.25) is 9.79 Å². The molecule has 0 aliphatic carbocycles. The summed E-state index contributed by atoms with van der Waals surface area (Å²) in [5.74, 6) is 0.787. The number of anilines is 1. The first-order chi connectivity index (χ1) is 15.5. The molecule has 0 heterocycles. The van der Waals surface area contributed by atoms with Crippen molar-refractivity contribution in [1.29, 1.82) is 0 Å². The summed E-state index contributed by atoms with van der Waals surface area (Å²) in [6, 6.07) is 19.5. The fraction of sp³-hybridized carbons (Fsp3) is 0.231. The number of aliphatic imine (C=N–C) groups is 1. The van der Waals surface area contributed by atoms with Crippen LogP contribution in [-0.4, -0.2) is 25.3 Å². The summed E-state index contributed by atoms with van der Waals surface area (Å²) < 4.78 is 12.2. The first kappa shape index (κ1) is 23.5. The third kappa shape index (κ3) is 6.69. The minimum Gasteiger partial charge on any atom is -0.490 e. The Hall–Kier alpha value is -3.12. The Morgan fingerprint density at radius 1 is 1.06 bits per heavy atom. The Kier molecular flexibility index (Phi) is 8.45. The van der Waals surface area contributed by atoms with Gasteiger partial charge in [-0.1, -0.05) is 31.2 Å². The van der Waals surface area contributed by atoms with Crippen molar-refractivity contribution in [1.82, 2.24) is 0 Å². The number of hydrogen-bond acceptors (Lipinski definition) is 4. The number of nitrogens with zero attached hydrogens (tertiary/aromatic N) is 1. The number of amides is 1. The van der Waals surface area contributed by atoms with Crippen LogP contribution in [0.1, 0.15) is 30.5 Å². The Morgan fingerprint density at radius 3 is 2.53 bits per heavy atom. The van der Waals surface area contributed by atoms with Crippen LogP contribution < -0.4 is 14.8 Å². The van der Waals surface area contributed by atoms with Crippen LogP contribution in [0.4, 0.5) is 11.4 Å². The van der Waals surface area contributed by atoms with E-state index in [2.05, 4.69) is 45.3 Å². The average Bonchev–Trinajstić information content (AvgIpc) is 2.77. The summed E-state index contributed by atoms with van der Waals surface area (Å²) in [5, 5.41) is 2.84. The molecule has 0 aromatic heterocycles. The van der Waals surface area contributed by atoms with Gasteiger partial charge < -0.3 is 14.8 Å². The van der Waals surface area contributed by atoms with E-state index in [-0.39, 0.29) is 12.5 Å². The quantitative estimate of drug-likeness (QED) is 0.346. The highest BCUT2D eigenvalue weighted by Crippen LogP contribution is 2.36. The van der Waals surface area contributed by atoms with E-state index in [1.54, 1.807) is 6.21 Å². The first-order valence-corrected chi connectivity index (χ1v) is 11.4. The lowest BCUT2D eigenvalue weighted by atomic mass is 10.1. The van der Waals surface area contributed by atoms with Gasteiger partial charge in [-0.2, -0.15) is 0 Å². The SMILES string of the molecule is CCOc1cc(C=Nc2ccc(CC)cc2)cc(Br)c1OCC(=O)Nc1cccc(C)c1. The van der Waals surface area contributed by atoms with E-state index >= 15 is 0 Å². The molecule has 0 spiro atoms. The van der Waals surface area contributed by atoms with Crippen LogP contribution in [0.5, 0.6) is 11.5 Å². The van der Waals surface area contributed by atoms with Crippen LogP contribution in [0.15, 0.2) is 70.1 Å². The van der Waals surface area contributed by atoms with Crippen LogP contribution in [-0.2, 0) is 11.2 Å². The van der Waals surface area contributed by atoms with Gasteiger partial charge in [0.25, 0.3) is 5.91 Å². The van der Waals surface area contributed by atoms with Crippen molar-refractivity contribution in [3.8, 4) is 11.5 Å². The molecule has 0 fully saturated rings. The lowest BCUT2D eigenvalue weighted by molar-refractivity contribution is -0.118. The number of aryl methyl sites for hydroxylation is 2. The van der Waals surface area contributed by atoms with Gasteiger partial charge in [-0.25, -0.2) is 0 Å². The standard InChI is InChI=1S/C26H27BrN2O3/c1-4-19-9-11-21(12-10-19)28-16-20-14-23(27)26(24(15-20)31-5-2)32-17-25(30)29-22-8-6-7-18(3)13-22/h6-16H,4-5,17H2,1-3H3,(H,29,30). The zero-order valence-corrected chi connectivity index (χ0v) is 20.1. The maximum Gasteiger partial charge on any atom is 0.262 e. The molecule has 3 aromatic carbocycles. The van der Waals surface area contributed by atoms with Gasteiger partial charge in [0.1, 0.15) is 0 Å². The second-order valence-electron chi connectivity index (χ2n) is 7.25. The zero-order chi connectivity index (χ0) is 22.9. The highest BCUT2D eigenvalue weighted by atomic mass is 79.9. The van der Waals surface area contributed by atoms with Gasteiger partial charge in [0.15, 0.2) is 18.1 Å². The number of halogens is 1. The van der Waals surface area contributed by atoms with E-state index in [4.69, 9.17) is 9.47 Å². The maximum atomic E-state index is 12.3. The monoisotopic (exact) mass is 494 g/mol. The number of ether oxygens (including phenoxy) is 2. The maximum absolute atomic E-state index is 12.3. The molecule has 0 unspecified atom stereocenters. The van der Waals surface area contributed by atoms with Crippen molar-refractivity contribution in [2.24, 2.45) is 4.99 Å². The first-order valence-electron chi connectivity index (χ1n) is 10.6. The average molecular weight is 495 g/mol. The van der Waals surface area contributed by atoms with E-state index in [1.165, 1.54) is 5.56 Å². The molecule has 0 saturated carbocycles. The van der Waals surface area contributed by atoms with E-state index < -0.39 is 0 Å². The van der Waals surface area contributed by atoms with Crippen molar-refractivity contribution < 1.29 is 14.3 Å². The molecule has 5 nitrogen and oxygen atoms in total. The van der Waals surface area contributed by atoms with Crippen molar-refractivity contribution in [3.63, 3.8) is 0 Å². The molecule has 1 N–H and O–H groups in total. The second-order valence-corrected chi connectivity index (χ2v) is 8.10. The number of nitrogens with one attached hydrogen (secondary N) is 1. The van der Waals surface area contributed by atoms with Crippen LogP contribution in [0.2, 0.25) is 0 Å². The zero-order valence-electron chi connectivity index (χ0n) is 18.5. The van der Waals surface area contributed by atoms with E-state index in [0.717, 1.165) is 28.9 Å². The molecular weight excluding hydrogens is 468 g/mol. The topological polar surface area (TPSA) is 59.9 Å². The predicted molar refractivity (Wildman–Crippen MR) is 134 cm³/mol. The van der Waals surface area contributed by atoms with E-state index in [9.17, 15) is 4.79 Å². The van der Waals surface area contributed by atoms with Crippen molar-refractivity contribution in [2.45, 2.75) is 27.2 Å². The van der Waals surface area contributed by atoms with E-state index in [0.29, 0.717) is 22.6 Å². The third-order valence-electron chi connectivity index (χ3n) is 4.69. The molecule has 32 heavy (non-hydrogen) atoms. The Balaban J connectivity index is 1.71. The largest absolute Gasteiger partial charge is 0.490 e. The molecule has 6 heteroatoms. The minimum atomic E-state index is -0.244. The molecule has 0 saturated heterocycles. The lowest BCUT2D eigenvalue weighted by Gasteiger charge is -2.14. The number of benzene rings is 3. The molecule has 0 bridgehead atoms. The predicted octanol–water partition coefficient (Wildman–Crippen LogP) is 6.49. The summed E-state index contributed by atoms with van der Waals surface area (Å²) in [6.45, 7) is 6.34. The summed E-state index contributed by atoms with van der Waals surface area (Å²) in [4.78, 5) is 16.9. The smallest absolute Gasteiger partial charge is 0.262 e. The normalized spacial score (nSPS) is 10.9. The number of carbonyl (C=O) groups is 1. The molecule has 3 aromatic rings. The van der Waals surface area contributed by atoms with Gasteiger partial charge in [0, 0.05) is 11.9 Å². The number of hydrogen-bond donors (Lipinski definition) is 1. The van der Waals surface area contributed by atoms with Gasteiger partial charge in [-0.05, 0) is 89.3 Å². The fourth-order valence-electron chi connectivity index (χ4n) is 3.09. The van der Waals surface area contributed by atoms with Gasteiger partial charge >= 0.3 is 0 Å². The minimum absolute atomic E-state index is 0.135. The van der Waals surface area contributed by atoms with Crippen molar-refractivity contribution >= 4 is 39.4 Å². The lowest BCUT2D eigenvalue weighted by Crippen LogP contribution is -2.20. The van der Waals surface area contributed by atoms with Crippen molar-refractivity contribution in [2.75, 3.05) is 18.5 Å². The van der Waals surface area contributed by atoms with Crippen LogP contribution in [0.25, 0.3) is 0 Å². The number of rotatable bonds is 9. The molecule has 0 aliphatic heterocycles. The molecule has 0 atom stereocenters. The summed E-state index contributed by atoms with van der Waals surface area (Å²) in [5.41, 5.74) is 4.82. The second kappa shape index (κ2) is 11.5. The highest BCUT2D eigenvalue weighted by molar-refractivity contribution is 9.10. The van der Waals surface area contributed by atoms with Crippen molar-refractivity contribution in [3.05, 3.63) is 81.8 Å². The third-order valence-corrected chi connectivity index (χ3v) is 5.28. The molecule has 0 radical (unpaired) electrons.